The second kappa shape index (κ2) is 8.44. The number of carbonyl (C=O) groups is 2. The molecule has 0 saturated heterocycles. The molecule has 0 spiro atoms. The van der Waals surface area contributed by atoms with Gasteiger partial charge in [0.25, 0.3) is 5.91 Å². The van der Waals surface area contributed by atoms with Crippen molar-refractivity contribution >= 4 is 11.9 Å². The summed E-state index contributed by atoms with van der Waals surface area (Å²) in [5.41, 5.74) is 1.42. The van der Waals surface area contributed by atoms with Gasteiger partial charge in [-0.05, 0) is 29.7 Å². The van der Waals surface area contributed by atoms with Gasteiger partial charge in [0, 0.05) is 19.2 Å². The maximum Gasteiger partial charge on any atom is 0.330 e. The van der Waals surface area contributed by atoms with E-state index in [1.54, 1.807) is 13.1 Å². The summed E-state index contributed by atoms with van der Waals surface area (Å²) in [5, 5.41) is 5.96. The average Bonchev–Trinajstić information content (AvgIpc) is 2.68. The van der Waals surface area contributed by atoms with Crippen LogP contribution in [-0.2, 0) is 21.6 Å². The molecule has 0 aliphatic rings. The van der Waals surface area contributed by atoms with Crippen LogP contribution >= 0.6 is 0 Å². The van der Waals surface area contributed by atoms with Crippen LogP contribution in [0.1, 0.15) is 34.8 Å². The molecule has 132 valence electrons. The Labute approximate surface area is 148 Å². The number of amides is 1. The molecule has 2 rings (SSSR count). The summed E-state index contributed by atoms with van der Waals surface area (Å²) in [6.07, 6.45) is 0.540. The van der Waals surface area contributed by atoms with Gasteiger partial charge in [0.1, 0.15) is 5.54 Å². The number of nitrogens with one attached hydrogen (secondary N) is 2. The summed E-state index contributed by atoms with van der Waals surface area (Å²) in [5.74, 6) is -0.469. The molecule has 25 heavy (non-hydrogen) atoms. The van der Waals surface area contributed by atoms with Crippen molar-refractivity contribution in [2.45, 2.75) is 25.4 Å². The smallest absolute Gasteiger partial charge is 0.330 e. The van der Waals surface area contributed by atoms with Crippen LogP contribution in [0.5, 0.6) is 0 Å². The zero-order valence-electron chi connectivity index (χ0n) is 14.8. The summed E-state index contributed by atoms with van der Waals surface area (Å²) in [7, 11) is 2.99. The van der Waals surface area contributed by atoms with Crippen LogP contribution in [0.2, 0.25) is 0 Å². The summed E-state index contributed by atoms with van der Waals surface area (Å²) in [4.78, 5) is 24.4. The van der Waals surface area contributed by atoms with Gasteiger partial charge < -0.3 is 10.1 Å². The maximum atomic E-state index is 12.6. The Balaban J connectivity index is 2.29. The van der Waals surface area contributed by atoms with Crippen LogP contribution in [0, 0.1) is 0 Å². The normalized spacial score (nSPS) is 12.9. The molecule has 0 fully saturated rings. The summed E-state index contributed by atoms with van der Waals surface area (Å²) in [6, 6.07) is 16.9. The van der Waals surface area contributed by atoms with E-state index in [0.29, 0.717) is 18.5 Å². The highest BCUT2D eigenvalue weighted by molar-refractivity contribution is 5.94. The van der Waals surface area contributed by atoms with Crippen molar-refractivity contribution in [3.63, 3.8) is 0 Å². The highest BCUT2D eigenvalue weighted by Gasteiger charge is 2.39. The lowest BCUT2D eigenvalue weighted by atomic mass is 9.87. The van der Waals surface area contributed by atoms with Gasteiger partial charge in [-0.3, -0.25) is 10.1 Å². The fourth-order valence-corrected chi connectivity index (χ4v) is 2.88. The number of hydrogen-bond acceptors (Lipinski definition) is 4. The van der Waals surface area contributed by atoms with Crippen molar-refractivity contribution in [2.75, 3.05) is 14.2 Å². The van der Waals surface area contributed by atoms with Gasteiger partial charge in [-0.15, -0.1) is 0 Å². The van der Waals surface area contributed by atoms with Crippen molar-refractivity contribution in [1.82, 2.24) is 10.6 Å². The molecule has 0 aliphatic heterocycles. The van der Waals surface area contributed by atoms with Crippen LogP contribution in [0.4, 0.5) is 0 Å². The number of benzene rings is 2. The van der Waals surface area contributed by atoms with Crippen LogP contribution in [0.25, 0.3) is 0 Å². The standard InChI is InChI=1S/C20H24N2O3/c1-4-20(19(24)25-3,17-11-6-5-7-12-17)22-14-15-9-8-10-16(13-15)18(23)21-2/h5-13,22H,4,14H2,1-3H3,(H,21,23). The van der Waals surface area contributed by atoms with Gasteiger partial charge in [0.15, 0.2) is 0 Å². The number of carbonyl (C=O) groups excluding carboxylic acids is 2. The van der Waals surface area contributed by atoms with Gasteiger partial charge in [0.05, 0.1) is 7.11 Å². The minimum absolute atomic E-state index is 0.139. The third kappa shape index (κ3) is 4.06. The summed E-state index contributed by atoms with van der Waals surface area (Å²) >= 11 is 0. The van der Waals surface area contributed by atoms with E-state index in [1.807, 2.05) is 55.5 Å². The lowest BCUT2D eigenvalue weighted by Gasteiger charge is -2.31. The number of ether oxygens (including phenoxy) is 1. The van der Waals surface area contributed by atoms with Gasteiger partial charge in [-0.25, -0.2) is 4.79 Å². The lowest BCUT2D eigenvalue weighted by molar-refractivity contribution is -0.149. The van der Waals surface area contributed by atoms with Crippen molar-refractivity contribution < 1.29 is 14.3 Å². The molecular formula is C20H24N2O3. The van der Waals surface area contributed by atoms with E-state index in [9.17, 15) is 9.59 Å². The minimum Gasteiger partial charge on any atom is -0.467 e. The second-order valence-electron chi connectivity index (χ2n) is 5.75. The molecule has 1 unspecified atom stereocenters. The zero-order valence-corrected chi connectivity index (χ0v) is 14.8. The van der Waals surface area contributed by atoms with Gasteiger partial charge >= 0.3 is 5.97 Å². The molecule has 1 atom stereocenters. The number of esters is 1. The van der Waals surface area contributed by atoms with Crippen molar-refractivity contribution in [1.29, 1.82) is 0 Å². The Morgan fingerprint density at radius 3 is 2.40 bits per heavy atom. The molecule has 0 aliphatic carbocycles. The van der Waals surface area contributed by atoms with E-state index < -0.39 is 5.54 Å². The Morgan fingerprint density at radius 1 is 1.08 bits per heavy atom. The minimum atomic E-state index is -0.932. The van der Waals surface area contributed by atoms with Crippen LogP contribution in [-0.4, -0.2) is 26.0 Å². The highest BCUT2D eigenvalue weighted by atomic mass is 16.5. The van der Waals surface area contributed by atoms with Gasteiger partial charge in [-0.2, -0.15) is 0 Å². The molecule has 5 heteroatoms. The molecule has 0 heterocycles. The van der Waals surface area contributed by atoms with E-state index in [4.69, 9.17) is 4.74 Å². The molecule has 0 radical (unpaired) electrons. The van der Waals surface area contributed by atoms with E-state index in [1.165, 1.54) is 7.11 Å². The predicted molar refractivity (Wildman–Crippen MR) is 97.1 cm³/mol. The second-order valence-corrected chi connectivity index (χ2v) is 5.75. The Morgan fingerprint density at radius 2 is 1.80 bits per heavy atom. The van der Waals surface area contributed by atoms with E-state index >= 15 is 0 Å². The highest BCUT2D eigenvalue weighted by Crippen LogP contribution is 2.27. The molecule has 2 N–H and O–H groups in total. The monoisotopic (exact) mass is 340 g/mol. The first-order valence-electron chi connectivity index (χ1n) is 8.27. The van der Waals surface area contributed by atoms with Gasteiger partial charge in [0.2, 0.25) is 0 Å². The van der Waals surface area contributed by atoms with Crippen molar-refractivity contribution in [3.05, 3.63) is 71.3 Å². The Hall–Kier alpha value is -2.66. The maximum absolute atomic E-state index is 12.6. The van der Waals surface area contributed by atoms with Crippen LogP contribution < -0.4 is 10.6 Å². The third-order valence-electron chi connectivity index (χ3n) is 4.34. The third-order valence-corrected chi connectivity index (χ3v) is 4.34. The lowest BCUT2D eigenvalue weighted by Crippen LogP contribution is -2.49. The summed E-state index contributed by atoms with van der Waals surface area (Å²) in [6.45, 7) is 2.38. The number of methoxy groups -OCH3 is 1. The Bertz CT molecular complexity index is 731. The molecule has 0 saturated carbocycles. The first kappa shape index (κ1) is 18.7. The van der Waals surface area contributed by atoms with Crippen LogP contribution in [0.15, 0.2) is 54.6 Å². The molecule has 2 aromatic carbocycles. The fraction of sp³-hybridized carbons (Fsp3) is 0.300. The fourth-order valence-electron chi connectivity index (χ4n) is 2.88. The first-order chi connectivity index (χ1) is 12.1. The zero-order chi connectivity index (χ0) is 18.3. The SMILES string of the molecule is CCC(NCc1cccc(C(=O)NC)c1)(C(=O)OC)c1ccccc1. The predicted octanol–water partition coefficient (Wildman–Crippen LogP) is 2.61. The van der Waals surface area contributed by atoms with Gasteiger partial charge in [-0.1, -0.05) is 49.4 Å². The largest absolute Gasteiger partial charge is 0.467 e. The van der Waals surface area contributed by atoms with Crippen LogP contribution in [0.3, 0.4) is 0 Å². The molecule has 5 nitrogen and oxygen atoms in total. The number of rotatable bonds is 7. The Kier molecular flexibility index (Phi) is 6.31. The van der Waals surface area contributed by atoms with E-state index in [2.05, 4.69) is 10.6 Å². The molecular weight excluding hydrogens is 316 g/mol. The van der Waals surface area contributed by atoms with Crippen molar-refractivity contribution in [2.24, 2.45) is 0 Å². The molecule has 2 aromatic rings. The van der Waals surface area contributed by atoms with Crippen molar-refractivity contribution in [3.8, 4) is 0 Å². The number of hydrogen-bond donors (Lipinski definition) is 2. The van der Waals surface area contributed by atoms with E-state index in [-0.39, 0.29) is 11.9 Å². The average molecular weight is 340 g/mol. The topological polar surface area (TPSA) is 67.4 Å². The quantitative estimate of drug-likeness (QED) is 0.761. The first-order valence-corrected chi connectivity index (χ1v) is 8.27. The molecule has 1 amide bonds. The summed E-state index contributed by atoms with van der Waals surface area (Å²) < 4.78 is 5.06. The molecule has 0 bridgehead atoms. The van der Waals surface area contributed by atoms with E-state index in [0.717, 1.165) is 11.1 Å². The molecule has 0 aromatic heterocycles.